The molecule has 2 nitrogen and oxygen atoms in total. The summed E-state index contributed by atoms with van der Waals surface area (Å²) in [6.07, 6.45) is 4.99. The first-order valence-corrected chi connectivity index (χ1v) is 7.76. The predicted molar refractivity (Wildman–Crippen MR) is 81.1 cm³/mol. The van der Waals surface area contributed by atoms with Crippen molar-refractivity contribution < 1.29 is 4.74 Å². The maximum atomic E-state index is 6.10. The fourth-order valence-electron chi connectivity index (χ4n) is 2.59. The van der Waals surface area contributed by atoms with Crippen LogP contribution in [-0.2, 0) is 4.74 Å². The van der Waals surface area contributed by atoms with E-state index in [4.69, 9.17) is 27.9 Å². The highest BCUT2D eigenvalue weighted by atomic mass is 35.5. The Morgan fingerprint density at radius 2 is 2.21 bits per heavy atom. The summed E-state index contributed by atoms with van der Waals surface area (Å²) >= 11 is 12.1. The molecule has 0 spiro atoms. The summed E-state index contributed by atoms with van der Waals surface area (Å²) in [7, 11) is 0. The van der Waals surface area contributed by atoms with Crippen LogP contribution < -0.4 is 5.32 Å². The summed E-state index contributed by atoms with van der Waals surface area (Å²) < 4.78 is 5.69. The highest BCUT2D eigenvalue weighted by molar-refractivity contribution is 6.42. The third kappa shape index (κ3) is 4.35. The zero-order valence-electron chi connectivity index (χ0n) is 11.3. The van der Waals surface area contributed by atoms with E-state index in [-0.39, 0.29) is 0 Å². The second-order valence-electron chi connectivity index (χ2n) is 5.00. The van der Waals surface area contributed by atoms with Gasteiger partial charge in [0, 0.05) is 12.6 Å². The van der Waals surface area contributed by atoms with E-state index < -0.39 is 0 Å². The van der Waals surface area contributed by atoms with Gasteiger partial charge in [-0.3, -0.25) is 0 Å². The Hall–Kier alpha value is -0.280. The van der Waals surface area contributed by atoms with Crippen LogP contribution >= 0.6 is 23.2 Å². The van der Waals surface area contributed by atoms with E-state index in [2.05, 4.69) is 18.3 Å². The predicted octanol–water partition coefficient (Wildman–Crippen LogP) is 4.60. The topological polar surface area (TPSA) is 21.3 Å². The molecule has 1 saturated heterocycles. The smallest absolute Gasteiger partial charge is 0.0595 e. The molecule has 0 radical (unpaired) electrons. The average Bonchev–Trinajstić information content (AvgIpc) is 2.91. The van der Waals surface area contributed by atoms with Crippen LogP contribution in [-0.4, -0.2) is 19.3 Å². The molecule has 1 fully saturated rings. The Kier molecular flexibility index (Phi) is 5.96. The summed E-state index contributed by atoms with van der Waals surface area (Å²) in [5.41, 5.74) is 1.20. The molecule has 106 valence electrons. The lowest BCUT2D eigenvalue weighted by Gasteiger charge is -2.20. The molecule has 2 unspecified atom stereocenters. The normalized spacial score (nSPS) is 20.7. The molecule has 0 aromatic heterocycles. The van der Waals surface area contributed by atoms with Gasteiger partial charge in [0.1, 0.15) is 0 Å². The summed E-state index contributed by atoms with van der Waals surface area (Å²) in [5, 5.41) is 4.75. The molecule has 2 atom stereocenters. The number of hydrogen-bond donors (Lipinski definition) is 1. The molecule has 1 aliphatic heterocycles. The lowest BCUT2D eigenvalue weighted by atomic mass is 9.99. The van der Waals surface area contributed by atoms with Crippen LogP contribution in [0.15, 0.2) is 18.2 Å². The van der Waals surface area contributed by atoms with E-state index in [0.29, 0.717) is 22.2 Å². The third-order valence-corrected chi connectivity index (χ3v) is 4.34. The summed E-state index contributed by atoms with van der Waals surface area (Å²) in [5.74, 6) is 0. The fraction of sp³-hybridized carbons (Fsp3) is 0.600. The highest BCUT2D eigenvalue weighted by Crippen LogP contribution is 2.29. The number of halogens is 2. The number of rotatable bonds is 6. The van der Waals surface area contributed by atoms with Crippen molar-refractivity contribution in [3.05, 3.63) is 33.8 Å². The van der Waals surface area contributed by atoms with E-state index in [9.17, 15) is 0 Å². The molecule has 19 heavy (non-hydrogen) atoms. The van der Waals surface area contributed by atoms with Gasteiger partial charge in [-0.1, -0.05) is 36.2 Å². The van der Waals surface area contributed by atoms with E-state index in [1.54, 1.807) is 0 Å². The van der Waals surface area contributed by atoms with Crippen molar-refractivity contribution in [3.63, 3.8) is 0 Å². The maximum Gasteiger partial charge on any atom is 0.0595 e. The van der Waals surface area contributed by atoms with Gasteiger partial charge in [-0.05, 0) is 49.9 Å². The quantitative estimate of drug-likeness (QED) is 0.829. The van der Waals surface area contributed by atoms with Crippen molar-refractivity contribution in [1.29, 1.82) is 0 Å². The first-order chi connectivity index (χ1) is 9.20. The van der Waals surface area contributed by atoms with Crippen LogP contribution in [0.1, 0.15) is 44.2 Å². The number of nitrogens with one attached hydrogen (secondary N) is 1. The monoisotopic (exact) mass is 301 g/mol. The van der Waals surface area contributed by atoms with Crippen molar-refractivity contribution in [2.45, 2.75) is 44.8 Å². The van der Waals surface area contributed by atoms with Crippen LogP contribution in [0, 0.1) is 0 Å². The van der Waals surface area contributed by atoms with Crippen LogP contribution in [0.25, 0.3) is 0 Å². The second kappa shape index (κ2) is 7.49. The van der Waals surface area contributed by atoms with E-state index in [0.717, 1.165) is 26.0 Å². The zero-order chi connectivity index (χ0) is 13.7. The molecule has 0 amide bonds. The van der Waals surface area contributed by atoms with Gasteiger partial charge in [0.25, 0.3) is 0 Å². The minimum absolute atomic E-state index is 0.323. The van der Waals surface area contributed by atoms with Crippen molar-refractivity contribution in [2.24, 2.45) is 0 Å². The lowest BCUT2D eigenvalue weighted by Crippen LogP contribution is -2.22. The minimum atomic E-state index is 0.323. The highest BCUT2D eigenvalue weighted by Gasteiger charge is 2.18. The molecule has 2 rings (SSSR count). The van der Waals surface area contributed by atoms with E-state index in [1.807, 2.05) is 12.1 Å². The SMILES string of the molecule is CCNC(CCC1CCCO1)c1ccc(Cl)c(Cl)c1. The van der Waals surface area contributed by atoms with Gasteiger partial charge < -0.3 is 10.1 Å². The average molecular weight is 302 g/mol. The molecule has 1 aliphatic rings. The van der Waals surface area contributed by atoms with Crippen LogP contribution in [0.4, 0.5) is 0 Å². The number of ether oxygens (including phenoxy) is 1. The van der Waals surface area contributed by atoms with Gasteiger partial charge >= 0.3 is 0 Å². The van der Waals surface area contributed by atoms with Gasteiger partial charge in [-0.25, -0.2) is 0 Å². The second-order valence-corrected chi connectivity index (χ2v) is 5.81. The number of benzene rings is 1. The number of hydrogen-bond acceptors (Lipinski definition) is 2. The molecule has 0 saturated carbocycles. The summed E-state index contributed by atoms with van der Waals surface area (Å²) in [4.78, 5) is 0. The third-order valence-electron chi connectivity index (χ3n) is 3.60. The molecule has 1 aromatic rings. The Labute approximate surface area is 125 Å². The summed E-state index contributed by atoms with van der Waals surface area (Å²) in [6, 6.07) is 6.21. The van der Waals surface area contributed by atoms with Gasteiger partial charge in [0.2, 0.25) is 0 Å². The molecule has 1 heterocycles. The first-order valence-electron chi connectivity index (χ1n) is 7.00. The Bertz CT molecular complexity index is 405. The summed E-state index contributed by atoms with van der Waals surface area (Å²) in [6.45, 7) is 3.98. The van der Waals surface area contributed by atoms with Crippen molar-refractivity contribution in [1.82, 2.24) is 5.32 Å². The molecule has 1 N–H and O–H groups in total. The maximum absolute atomic E-state index is 6.10. The molecule has 4 heteroatoms. The van der Waals surface area contributed by atoms with Crippen molar-refractivity contribution in [3.8, 4) is 0 Å². The first kappa shape index (κ1) is 15.1. The van der Waals surface area contributed by atoms with Gasteiger partial charge in [-0.2, -0.15) is 0 Å². The van der Waals surface area contributed by atoms with Crippen LogP contribution in [0.5, 0.6) is 0 Å². The zero-order valence-corrected chi connectivity index (χ0v) is 12.8. The van der Waals surface area contributed by atoms with Crippen LogP contribution in [0.3, 0.4) is 0 Å². The molecule has 0 bridgehead atoms. The molecule has 0 aliphatic carbocycles. The Balaban J connectivity index is 1.99. The minimum Gasteiger partial charge on any atom is -0.378 e. The molecular formula is C15H21Cl2NO. The standard InChI is InChI=1S/C15H21Cl2NO/c1-2-18-15(8-6-12-4-3-9-19-12)11-5-7-13(16)14(17)10-11/h5,7,10,12,15,18H,2-4,6,8-9H2,1H3. The Morgan fingerprint density at radius 1 is 1.37 bits per heavy atom. The van der Waals surface area contributed by atoms with Crippen molar-refractivity contribution >= 4 is 23.2 Å². The van der Waals surface area contributed by atoms with E-state index in [1.165, 1.54) is 18.4 Å². The van der Waals surface area contributed by atoms with Gasteiger partial charge in [0.05, 0.1) is 16.1 Å². The van der Waals surface area contributed by atoms with Crippen LogP contribution in [0.2, 0.25) is 10.0 Å². The largest absolute Gasteiger partial charge is 0.378 e. The lowest BCUT2D eigenvalue weighted by molar-refractivity contribution is 0.0996. The fourth-order valence-corrected chi connectivity index (χ4v) is 2.89. The molecule has 1 aromatic carbocycles. The van der Waals surface area contributed by atoms with Gasteiger partial charge in [-0.15, -0.1) is 0 Å². The molecular weight excluding hydrogens is 281 g/mol. The van der Waals surface area contributed by atoms with Gasteiger partial charge in [0.15, 0.2) is 0 Å². The Morgan fingerprint density at radius 3 is 2.84 bits per heavy atom. The van der Waals surface area contributed by atoms with Crippen molar-refractivity contribution in [2.75, 3.05) is 13.2 Å². The van der Waals surface area contributed by atoms with E-state index >= 15 is 0 Å².